The average Bonchev–Trinajstić information content (AvgIpc) is 3.53. The summed E-state index contributed by atoms with van der Waals surface area (Å²) in [4.78, 5) is 38.5. The summed E-state index contributed by atoms with van der Waals surface area (Å²) < 4.78 is 62.4. The fourth-order valence-electron chi connectivity index (χ4n) is 5.11. The second-order valence-electron chi connectivity index (χ2n) is 11.1. The summed E-state index contributed by atoms with van der Waals surface area (Å²) in [7, 11) is -8.35. The molecule has 1 unspecified atom stereocenters. The molecule has 0 aliphatic carbocycles. The molecule has 1 aliphatic rings. The molecule has 1 heterocycles. The topological polar surface area (TPSA) is 238 Å². The molecule has 7 N–H and O–H groups in total. The second-order valence-corrected chi connectivity index (χ2v) is 14.8. The molecule has 2 aromatic carbocycles. The first-order valence-electron chi connectivity index (χ1n) is 15.3. The van der Waals surface area contributed by atoms with E-state index in [0.717, 1.165) is 18.2 Å². The van der Waals surface area contributed by atoms with Crippen LogP contribution in [0.15, 0.2) is 52.3 Å². The molecule has 1 aliphatic heterocycles. The Morgan fingerprint density at radius 3 is 2.38 bits per heavy atom. The Bertz CT molecular complexity index is 1640. The predicted octanol–water partition coefficient (Wildman–Crippen LogP) is 1.08. The van der Waals surface area contributed by atoms with Gasteiger partial charge in [-0.1, -0.05) is 42.3 Å². The highest BCUT2D eigenvalue weighted by Gasteiger charge is 2.38. The molecule has 0 aromatic heterocycles. The molecule has 2 aromatic rings. The average molecular weight is 732 g/mol. The second kappa shape index (κ2) is 18.0. The number of carboxylic acids is 1. The van der Waals surface area contributed by atoms with Gasteiger partial charge in [0, 0.05) is 13.1 Å². The lowest BCUT2D eigenvalue weighted by molar-refractivity contribution is -0.151. The summed E-state index contributed by atoms with van der Waals surface area (Å²) in [5, 5.41) is 17.6. The number of carbonyl (C=O) groups is 3. The van der Waals surface area contributed by atoms with Crippen molar-refractivity contribution in [2.45, 2.75) is 80.1 Å². The number of hydrogen-bond acceptors (Lipinski definition) is 11. The monoisotopic (exact) mass is 731 g/mol. The third kappa shape index (κ3) is 11.2. The number of primary sulfonamides is 1. The van der Waals surface area contributed by atoms with Crippen LogP contribution >= 0.6 is 11.6 Å². The summed E-state index contributed by atoms with van der Waals surface area (Å²) in [5.41, 5.74) is 6.93. The number of nitrogens with two attached hydrogens (primary N) is 2. The summed E-state index contributed by atoms with van der Waals surface area (Å²) in [6, 6.07) is 7.14. The standard InChI is InChI=1S/C30H42ClN5O10S2/c1-2-46-30(40)25(35-24(6-3-4-14-32)28(37)36-15-5-7-26(36)29(38)39)19-45-18-21-10-8-20(9-11-21)17-34-48(43,44)22-12-13-23(31)27(16-22)47(33,41)42/h8-13,16,24-26,34-35H,2-7,14-15,17-19,32H2,1H3,(H,38,39)(H2,33,41,42)/t24-,25?,26-/m0/s1. The minimum atomic E-state index is -4.24. The van der Waals surface area contributed by atoms with Gasteiger partial charge in [-0.15, -0.1) is 0 Å². The minimum Gasteiger partial charge on any atom is -0.480 e. The highest BCUT2D eigenvalue weighted by atomic mass is 35.5. The van der Waals surface area contributed by atoms with Crippen molar-refractivity contribution in [3.63, 3.8) is 0 Å². The van der Waals surface area contributed by atoms with Gasteiger partial charge in [-0.25, -0.2) is 31.5 Å². The molecular formula is C30H42ClN5O10S2. The van der Waals surface area contributed by atoms with Gasteiger partial charge in [0.25, 0.3) is 0 Å². The van der Waals surface area contributed by atoms with Crippen LogP contribution in [0.25, 0.3) is 0 Å². The fraction of sp³-hybridized carbons (Fsp3) is 0.500. The Balaban J connectivity index is 1.63. The minimum absolute atomic E-state index is 0.0731. The number of aliphatic carboxylic acids is 1. The third-order valence-corrected chi connectivity index (χ3v) is 10.4. The SMILES string of the molecule is CCOC(=O)C(COCc1ccc(CNS(=O)(=O)c2ccc(Cl)c(S(N)(=O)=O)c2)cc1)N[C@@H](CCCCN)C(=O)N1CCC[C@H]1C(=O)O. The van der Waals surface area contributed by atoms with Gasteiger partial charge < -0.3 is 25.2 Å². The molecule has 266 valence electrons. The quantitative estimate of drug-likeness (QED) is 0.101. The molecule has 15 nitrogen and oxygen atoms in total. The summed E-state index contributed by atoms with van der Waals surface area (Å²) >= 11 is 5.85. The van der Waals surface area contributed by atoms with Crippen LogP contribution in [0.1, 0.15) is 50.2 Å². The number of ether oxygens (including phenoxy) is 2. The van der Waals surface area contributed by atoms with Crippen molar-refractivity contribution in [2.24, 2.45) is 10.9 Å². The van der Waals surface area contributed by atoms with Gasteiger partial charge in [-0.3, -0.25) is 14.9 Å². The number of hydrogen-bond donors (Lipinski definition) is 5. The zero-order valence-electron chi connectivity index (χ0n) is 26.5. The highest BCUT2D eigenvalue weighted by molar-refractivity contribution is 7.90. The maximum atomic E-state index is 13.5. The van der Waals surface area contributed by atoms with Crippen LogP contribution in [0, 0.1) is 0 Å². The first-order chi connectivity index (χ1) is 22.7. The third-order valence-electron chi connectivity index (χ3n) is 7.60. The van der Waals surface area contributed by atoms with E-state index in [-0.39, 0.29) is 36.3 Å². The first kappa shape index (κ1) is 39.3. The Hall–Kier alpha value is -3.16. The lowest BCUT2D eigenvalue weighted by Gasteiger charge is -2.29. The van der Waals surface area contributed by atoms with Crippen LogP contribution in [-0.4, -0.2) is 89.1 Å². The smallest absolute Gasteiger partial charge is 0.326 e. The van der Waals surface area contributed by atoms with Crippen molar-refractivity contribution in [1.29, 1.82) is 0 Å². The number of amides is 1. The van der Waals surface area contributed by atoms with Gasteiger partial charge in [0.2, 0.25) is 26.0 Å². The van der Waals surface area contributed by atoms with Gasteiger partial charge in [0.1, 0.15) is 17.0 Å². The van der Waals surface area contributed by atoms with Crippen molar-refractivity contribution in [2.75, 3.05) is 26.3 Å². The molecule has 48 heavy (non-hydrogen) atoms. The number of likely N-dealkylation sites (tertiary alicyclic amines) is 1. The van der Waals surface area contributed by atoms with E-state index in [1.165, 1.54) is 4.90 Å². The van der Waals surface area contributed by atoms with Crippen LogP contribution in [-0.2, 0) is 57.1 Å². The first-order valence-corrected chi connectivity index (χ1v) is 18.7. The molecule has 1 fully saturated rings. The van der Waals surface area contributed by atoms with Crippen molar-refractivity contribution >= 4 is 49.5 Å². The molecule has 0 bridgehead atoms. The number of nitrogens with zero attached hydrogens (tertiary/aromatic N) is 1. The Labute approximate surface area is 285 Å². The molecule has 0 spiro atoms. The molecule has 1 saturated heterocycles. The normalized spacial score (nSPS) is 16.4. The number of rotatable bonds is 19. The Kier molecular flexibility index (Phi) is 14.7. The van der Waals surface area contributed by atoms with E-state index in [0.29, 0.717) is 56.3 Å². The fourth-order valence-corrected chi connectivity index (χ4v) is 7.30. The number of carboxylic acid groups (broad SMARTS) is 1. The molecule has 1 amide bonds. The zero-order valence-corrected chi connectivity index (χ0v) is 28.9. The number of benzene rings is 2. The summed E-state index contributed by atoms with van der Waals surface area (Å²) in [6.07, 6.45) is 2.49. The van der Waals surface area contributed by atoms with Crippen LogP contribution in [0.2, 0.25) is 5.02 Å². The van der Waals surface area contributed by atoms with Gasteiger partial charge >= 0.3 is 11.9 Å². The molecule has 18 heteroatoms. The summed E-state index contributed by atoms with van der Waals surface area (Å²) in [5.74, 6) is -2.10. The highest BCUT2D eigenvalue weighted by Crippen LogP contribution is 2.24. The number of nitrogens with one attached hydrogen (secondary N) is 2. The predicted molar refractivity (Wildman–Crippen MR) is 176 cm³/mol. The molecule has 3 atom stereocenters. The van der Waals surface area contributed by atoms with Crippen LogP contribution in [0.4, 0.5) is 0 Å². The molecule has 0 saturated carbocycles. The van der Waals surface area contributed by atoms with Crippen molar-refractivity contribution in [3.05, 3.63) is 58.6 Å². The molecule has 0 radical (unpaired) electrons. The zero-order chi connectivity index (χ0) is 35.5. The van der Waals surface area contributed by atoms with Crippen molar-refractivity contribution in [1.82, 2.24) is 14.9 Å². The van der Waals surface area contributed by atoms with Gasteiger partial charge in [-0.2, -0.15) is 0 Å². The van der Waals surface area contributed by atoms with Crippen LogP contribution in [0.3, 0.4) is 0 Å². The number of halogens is 1. The molecular weight excluding hydrogens is 690 g/mol. The van der Waals surface area contributed by atoms with E-state index in [1.54, 1.807) is 31.2 Å². The van der Waals surface area contributed by atoms with Gasteiger partial charge in [-0.05, 0) is 68.5 Å². The maximum absolute atomic E-state index is 13.5. The van der Waals surface area contributed by atoms with E-state index in [1.807, 2.05) is 0 Å². The van der Waals surface area contributed by atoms with Crippen molar-refractivity contribution < 1.29 is 45.8 Å². The number of carbonyl (C=O) groups excluding carboxylic acids is 2. The largest absolute Gasteiger partial charge is 0.480 e. The van der Waals surface area contributed by atoms with E-state index < -0.39 is 60.9 Å². The van der Waals surface area contributed by atoms with Crippen LogP contribution < -0.4 is 20.9 Å². The number of unbranched alkanes of at least 4 members (excludes halogenated alkanes) is 1. The van der Waals surface area contributed by atoms with Crippen LogP contribution in [0.5, 0.6) is 0 Å². The van der Waals surface area contributed by atoms with Crippen molar-refractivity contribution in [3.8, 4) is 0 Å². The van der Waals surface area contributed by atoms with Gasteiger partial charge in [0.15, 0.2) is 0 Å². The lowest BCUT2D eigenvalue weighted by Crippen LogP contribution is -2.55. The number of esters is 1. The Morgan fingerprint density at radius 1 is 1.06 bits per heavy atom. The van der Waals surface area contributed by atoms with E-state index in [9.17, 15) is 36.3 Å². The number of sulfonamides is 2. The maximum Gasteiger partial charge on any atom is 0.326 e. The Morgan fingerprint density at radius 2 is 1.75 bits per heavy atom. The lowest BCUT2D eigenvalue weighted by atomic mass is 10.1. The van der Waals surface area contributed by atoms with E-state index in [4.69, 9.17) is 31.9 Å². The van der Waals surface area contributed by atoms with E-state index in [2.05, 4.69) is 10.0 Å². The molecule has 3 rings (SSSR count). The summed E-state index contributed by atoms with van der Waals surface area (Å²) in [6.45, 7) is 2.30. The van der Waals surface area contributed by atoms with E-state index >= 15 is 0 Å². The van der Waals surface area contributed by atoms with Gasteiger partial charge in [0.05, 0.1) is 35.8 Å².